The van der Waals surface area contributed by atoms with Gasteiger partial charge in [0.15, 0.2) is 11.6 Å². The zero-order chi connectivity index (χ0) is 31.8. The van der Waals surface area contributed by atoms with Crippen molar-refractivity contribution in [3.8, 4) is 11.5 Å². The molecule has 2 bridgehead atoms. The van der Waals surface area contributed by atoms with Gasteiger partial charge in [-0.1, -0.05) is 12.2 Å². The highest BCUT2D eigenvalue weighted by Crippen LogP contribution is 2.45. The second kappa shape index (κ2) is 12.4. The molecule has 0 saturated heterocycles. The minimum absolute atomic E-state index is 0.0357. The van der Waals surface area contributed by atoms with Gasteiger partial charge in [0.2, 0.25) is 5.91 Å². The lowest BCUT2D eigenvalue weighted by molar-refractivity contribution is -0.147. The number of halogens is 5. The van der Waals surface area contributed by atoms with Gasteiger partial charge in [0.25, 0.3) is 5.91 Å². The minimum atomic E-state index is -4.95. The molecule has 3 aliphatic rings. The molecule has 4 atom stereocenters. The summed E-state index contributed by atoms with van der Waals surface area (Å²) in [6.07, 6.45) is 0.877. The van der Waals surface area contributed by atoms with Crippen molar-refractivity contribution in [1.82, 2.24) is 5.32 Å². The average molecular weight is 623 g/mol. The number of allylic oxidation sites excluding steroid dienone is 1. The number of carbonyl (C=O) groups is 3. The van der Waals surface area contributed by atoms with Gasteiger partial charge < -0.3 is 24.8 Å². The highest BCUT2D eigenvalue weighted by molar-refractivity contribution is 5.99. The predicted octanol–water partition coefficient (Wildman–Crippen LogP) is 5.66. The first-order valence-corrected chi connectivity index (χ1v) is 14.2. The number of esters is 1. The van der Waals surface area contributed by atoms with Crippen molar-refractivity contribution in [1.29, 1.82) is 0 Å². The van der Waals surface area contributed by atoms with E-state index < -0.39 is 47.1 Å². The summed E-state index contributed by atoms with van der Waals surface area (Å²) in [4.78, 5) is 38.7. The number of methoxy groups -OCH3 is 2. The Morgan fingerprint density at radius 1 is 0.886 bits per heavy atom. The van der Waals surface area contributed by atoms with Gasteiger partial charge in [0, 0.05) is 17.8 Å². The van der Waals surface area contributed by atoms with Gasteiger partial charge in [-0.2, -0.15) is 13.2 Å². The Labute approximate surface area is 249 Å². The third kappa shape index (κ3) is 6.36. The van der Waals surface area contributed by atoms with Crippen LogP contribution in [0.15, 0.2) is 42.5 Å². The SMILES string of the molecule is COc1cc(F)c(O[C@H]2CC[C@@H](C(=O)OC)CC2)cc1C(=O)N[C@H]1[C@@H](C(=O)Nc2ccc(F)c(C(F)(F)F)c2)[C@@H]2C=C[C@H]1C2. The molecular weight excluding hydrogens is 591 g/mol. The maximum atomic E-state index is 15.0. The highest BCUT2D eigenvalue weighted by atomic mass is 19.4. The van der Waals surface area contributed by atoms with Crippen LogP contribution in [0.5, 0.6) is 11.5 Å². The molecule has 5 rings (SSSR count). The summed E-state index contributed by atoms with van der Waals surface area (Å²) < 4.78 is 84.2. The summed E-state index contributed by atoms with van der Waals surface area (Å²) in [6.45, 7) is 0. The molecule has 8 nitrogen and oxygen atoms in total. The summed E-state index contributed by atoms with van der Waals surface area (Å²) in [7, 11) is 2.60. The summed E-state index contributed by atoms with van der Waals surface area (Å²) >= 11 is 0. The number of carbonyl (C=O) groups excluding carboxylic acids is 3. The number of rotatable bonds is 8. The molecule has 0 aliphatic heterocycles. The van der Waals surface area contributed by atoms with E-state index >= 15 is 0 Å². The van der Waals surface area contributed by atoms with E-state index in [1.165, 1.54) is 20.3 Å². The van der Waals surface area contributed by atoms with E-state index in [1.54, 1.807) is 0 Å². The molecule has 0 heterocycles. The second-order valence-electron chi connectivity index (χ2n) is 11.3. The van der Waals surface area contributed by atoms with Crippen molar-refractivity contribution in [3.05, 3.63) is 65.2 Å². The molecule has 236 valence electrons. The van der Waals surface area contributed by atoms with Crippen molar-refractivity contribution in [2.75, 3.05) is 19.5 Å². The number of benzene rings is 2. The number of hydrogen-bond donors (Lipinski definition) is 2. The molecular formula is C31H31F5N2O6. The molecule has 2 amide bonds. The zero-order valence-corrected chi connectivity index (χ0v) is 23.9. The number of ether oxygens (including phenoxy) is 3. The van der Waals surface area contributed by atoms with Crippen LogP contribution in [0.1, 0.15) is 48.0 Å². The number of fused-ring (bicyclic) bond motifs is 2. The molecule has 2 saturated carbocycles. The van der Waals surface area contributed by atoms with Crippen LogP contribution in [-0.4, -0.2) is 44.1 Å². The van der Waals surface area contributed by atoms with Gasteiger partial charge in [0.1, 0.15) is 11.6 Å². The van der Waals surface area contributed by atoms with Crippen molar-refractivity contribution < 1.29 is 50.5 Å². The summed E-state index contributed by atoms with van der Waals surface area (Å²) in [6, 6.07) is 3.71. The lowest BCUT2D eigenvalue weighted by Gasteiger charge is -2.29. The molecule has 44 heavy (non-hydrogen) atoms. The average Bonchev–Trinajstić information content (AvgIpc) is 3.60. The summed E-state index contributed by atoms with van der Waals surface area (Å²) in [5.41, 5.74) is -1.78. The third-order valence-electron chi connectivity index (χ3n) is 8.60. The maximum absolute atomic E-state index is 15.0. The van der Waals surface area contributed by atoms with Crippen molar-refractivity contribution in [2.45, 2.75) is 50.4 Å². The van der Waals surface area contributed by atoms with Gasteiger partial charge in [-0.3, -0.25) is 14.4 Å². The molecule has 2 aromatic carbocycles. The van der Waals surface area contributed by atoms with Crippen LogP contribution in [-0.2, 0) is 20.5 Å². The molecule has 0 radical (unpaired) electrons. The summed E-state index contributed by atoms with van der Waals surface area (Å²) in [5, 5.41) is 5.27. The van der Waals surface area contributed by atoms with Crippen LogP contribution in [0.3, 0.4) is 0 Å². The van der Waals surface area contributed by atoms with E-state index in [4.69, 9.17) is 14.2 Å². The minimum Gasteiger partial charge on any atom is -0.496 e. The quantitative estimate of drug-likeness (QED) is 0.224. The fourth-order valence-electron chi connectivity index (χ4n) is 6.39. The van der Waals surface area contributed by atoms with Crippen LogP contribution in [0, 0.1) is 35.3 Å². The molecule has 13 heteroatoms. The largest absolute Gasteiger partial charge is 0.496 e. The molecule has 0 spiro atoms. The Bertz CT molecular complexity index is 1470. The van der Waals surface area contributed by atoms with E-state index in [9.17, 15) is 36.3 Å². The normalized spacial score (nSPS) is 25.8. The van der Waals surface area contributed by atoms with Crippen LogP contribution in [0.25, 0.3) is 0 Å². The first-order valence-electron chi connectivity index (χ1n) is 14.2. The standard InChI is InChI=1S/C31H31F5N2O6/c1-42-24-14-23(33)25(44-19-8-5-15(6-9-19)30(41)43-2)13-20(24)28(39)38-27-17-4-3-16(11-17)26(27)29(40)37-18-7-10-22(32)21(12-18)31(34,35)36/h3-4,7,10,12-17,19,26-27H,5-6,8-9,11H2,1-2H3,(H,37,40)(H,38,39)/t15-,16-,17+,19+,26+,27-/m1/s1. The molecule has 0 aromatic heterocycles. The van der Waals surface area contributed by atoms with Gasteiger partial charge >= 0.3 is 12.1 Å². The van der Waals surface area contributed by atoms with E-state index in [2.05, 4.69) is 10.6 Å². The Balaban J connectivity index is 1.31. The fourth-order valence-corrected chi connectivity index (χ4v) is 6.39. The first-order chi connectivity index (χ1) is 20.9. The summed E-state index contributed by atoms with van der Waals surface area (Å²) in [5.74, 6) is -5.64. The Hall–Kier alpha value is -4.16. The number of anilines is 1. The molecule has 3 aliphatic carbocycles. The number of alkyl halides is 3. The molecule has 0 unspecified atom stereocenters. The van der Waals surface area contributed by atoms with E-state index in [-0.39, 0.29) is 52.6 Å². The molecule has 2 aromatic rings. The van der Waals surface area contributed by atoms with Crippen molar-refractivity contribution >= 4 is 23.5 Å². The van der Waals surface area contributed by atoms with Gasteiger partial charge in [-0.25, -0.2) is 8.78 Å². The second-order valence-corrected chi connectivity index (χ2v) is 11.3. The smallest absolute Gasteiger partial charge is 0.419 e. The van der Waals surface area contributed by atoms with Crippen LogP contribution in [0.2, 0.25) is 0 Å². The molecule has 2 fully saturated rings. The van der Waals surface area contributed by atoms with Gasteiger partial charge in [-0.15, -0.1) is 0 Å². The van der Waals surface area contributed by atoms with Crippen LogP contribution >= 0.6 is 0 Å². The third-order valence-corrected chi connectivity index (χ3v) is 8.60. The van der Waals surface area contributed by atoms with E-state index in [1.807, 2.05) is 12.2 Å². The van der Waals surface area contributed by atoms with Crippen LogP contribution in [0.4, 0.5) is 27.6 Å². The maximum Gasteiger partial charge on any atom is 0.419 e. The van der Waals surface area contributed by atoms with Crippen LogP contribution < -0.4 is 20.1 Å². The lowest BCUT2D eigenvalue weighted by Crippen LogP contribution is -2.47. The topological polar surface area (TPSA) is 103 Å². The Kier molecular flexibility index (Phi) is 8.85. The highest BCUT2D eigenvalue weighted by Gasteiger charge is 2.49. The number of nitrogens with one attached hydrogen (secondary N) is 2. The first kappa shape index (κ1) is 31.3. The Morgan fingerprint density at radius 3 is 2.25 bits per heavy atom. The van der Waals surface area contributed by atoms with Gasteiger partial charge in [-0.05, 0) is 68.2 Å². The number of amides is 2. The lowest BCUT2D eigenvalue weighted by atomic mass is 9.87. The van der Waals surface area contributed by atoms with Gasteiger partial charge in [0.05, 0.1) is 43.3 Å². The Morgan fingerprint density at radius 2 is 1.59 bits per heavy atom. The molecule has 2 N–H and O–H groups in total. The fraction of sp³-hybridized carbons (Fsp3) is 0.452. The van der Waals surface area contributed by atoms with E-state index in [0.29, 0.717) is 44.2 Å². The van der Waals surface area contributed by atoms with E-state index in [0.717, 1.165) is 12.1 Å². The van der Waals surface area contributed by atoms with Crippen molar-refractivity contribution in [2.24, 2.45) is 23.7 Å². The zero-order valence-electron chi connectivity index (χ0n) is 23.9. The predicted molar refractivity (Wildman–Crippen MR) is 147 cm³/mol. The monoisotopic (exact) mass is 622 g/mol. The van der Waals surface area contributed by atoms with Crippen molar-refractivity contribution in [3.63, 3.8) is 0 Å². The number of hydrogen-bond acceptors (Lipinski definition) is 6.